The molecule has 0 aliphatic heterocycles. The van der Waals surface area contributed by atoms with Gasteiger partial charge in [-0.25, -0.2) is 15.4 Å². The smallest absolute Gasteiger partial charge is 0.377 e. The number of aromatic nitrogens is 2. The molecule has 0 saturated heterocycles. The van der Waals surface area contributed by atoms with Crippen molar-refractivity contribution in [2.24, 2.45) is 10.8 Å². The number of carbonyl (C=O) groups is 1. The molecule has 0 unspecified atom stereocenters. The minimum Gasteiger partial charge on any atom is -0.377 e. The molecule has 0 radical (unpaired) electrons. The van der Waals surface area contributed by atoms with E-state index in [1.165, 1.54) is 6.92 Å². The summed E-state index contributed by atoms with van der Waals surface area (Å²) in [6.07, 6.45) is -3.12. The SMILES string of the molecule is Cc1nc(C(F)(F)F)c(C(=O)NN=C(N)c2cccc[nH+]2)s1. The second kappa shape index (κ2) is 6.10. The van der Waals surface area contributed by atoms with E-state index in [4.69, 9.17) is 5.73 Å². The number of alkyl halides is 3. The summed E-state index contributed by atoms with van der Waals surface area (Å²) in [5.41, 5.74) is 6.80. The number of rotatable bonds is 3. The first-order valence-corrected chi connectivity index (χ1v) is 6.76. The Morgan fingerprint density at radius 3 is 2.77 bits per heavy atom. The van der Waals surface area contributed by atoms with Crippen LogP contribution in [-0.2, 0) is 6.18 Å². The van der Waals surface area contributed by atoms with E-state index in [0.717, 1.165) is 0 Å². The molecule has 0 atom stereocenters. The van der Waals surface area contributed by atoms with Crippen LogP contribution >= 0.6 is 11.3 Å². The summed E-state index contributed by atoms with van der Waals surface area (Å²) in [6.45, 7) is 1.38. The van der Waals surface area contributed by atoms with Crippen molar-refractivity contribution >= 4 is 23.1 Å². The van der Waals surface area contributed by atoms with Crippen LogP contribution in [0.15, 0.2) is 29.5 Å². The Morgan fingerprint density at radius 2 is 2.18 bits per heavy atom. The lowest BCUT2D eigenvalue weighted by molar-refractivity contribution is -0.380. The molecule has 0 aliphatic rings. The van der Waals surface area contributed by atoms with E-state index in [-0.39, 0.29) is 10.8 Å². The van der Waals surface area contributed by atoms with Crippen LogP contribution < -0.4 is 16.1 Å². The second-order valence-electron chi connectivity index (χ2n) is 4.12. The molecule has 4 N–H and O–H groups in total. The van der Waals surface area contributed by atoms with E-state index in [9.17, 15) is 18.0 Å². The molecule has 116 valence electrons. The normalized spacial score (nSPS) is 12.3. The first kappa shape index (κ1) is 15.9. The molecule has 2 rings (SSSR count). The number of nitrogens with zero attached hydrogens (tertiary/aromatic N) is 2. The van der Waals surface area contributed by atoms with Crippen molar-refractivity contribution in [2.75, 3.05) is 0 Å². The average molecular weight is 330 g/mol. The van der Waals surface area contributed by atoms with Crippen LogP contribution in [0.4, 0.5) is 13.2 Å². The van der Waals surface area contributed by atoms with Crippen molar-refractivity contribution in [3.05, 3.63) is 45.7 Å². The molecule has 6 nitrogen and oxygen atoms in total. The highest BCUT2D eigenvalue weighted by atomic mass is 32.1. The zero-order valence-corrected chi connectivity index (χ0v) is 12.0. The third-order valence-electron chi connectivity index (χ3n) is 2.47. The highest BCUT2D eigenvalue weighted by Gasteiger charge is 2.39. The summed E-state index contributed by atoms with van der Waals surface area (Å²) in [5, 5.41) is 3.71. The van der Waals surface area contributed by atoms with E-state index < -0.39 is 22.7 Å². The molecule has 22 heavy (non-hydrogen) atoms. The molecule has 0 saturated carbocycles. The fraction of sp³-hybridized carbons (Fsp3) is 0.167. The number of nitrogens with two attached hydrogens (primary N) is 1. The molecule has 10 heteroatoms. The quantitative estimate of drug-likeness (QED) is 0.505. The van der Waals surface area contributed by atoms with Gasteiger partial charge in [0.1, 0.15) is 4.88 Å². The molecule has 2 aromatic rings. The zero-order chi connectivity index (χ0) is 16.3. The van der Waals surface area contributed by atoms with Crippen molar-refractivity contribution in [3.8, 4) is 0 Å². The standard InChI is InChI=1S/C12H10F3N5OS/c1-6-18-9(12(13,14)15)8(22-6)11(21)20-19-10(16)7-4-2-3-5-17-7/h2-5H,1H3,(H2,16,19)(H,20,21)/p+1. The van der Waals surface area contributed by atoms with Crippen LogP contribution in [0.25, 0.3) is 0 Å². The number of thiazole rings is 1. The van der Waals surface area contributed by atoms with E-state index in [1.54, 1.807) is 24.4 Å². The Morgan fingerprint density at radius 1 is 1.45 bits per heavy atom. The number of hydrazone groups is 1. The summed E-state index contributed by atoms with van der Waals surface area (Å²) in [5.74, 6) is -1.08. The van der Waals surface area contributed by atoms with Gasteiger partial charge in [-0.3, -0.25) is 4.79 Å². The molecule has 0 bridgehead atoms. The molecule has 0 fully saturated rings. The molecular formula is C12H11F3N5OS+. The van der Waals surface area contributed by atoms with Crippen molar-refractivity contribution in [2.45, 2.75) is 13.1 Å². The van der Waals surface area contributed by atoms with Crippen molar-refractivity contribution in [1.82, 2.24) is 10.4 Å². The molecule has 2 heterocycles. The Kier molecular flexibility index (Phi) is 4.40. The van der Waals surface area contributed by atoms with E-state index >= 15 is 0 Å². The lowest BCUT2D eigenvalue weighted by atomic mass is 10.3. The molecule has 2 aromatic heterocycles. The van der Waals surface area contributed by atoms with Crippen LogP contribution in [-0.4, -0.2) is 16.7 Å². The number of amides is 1. The van der Waals surface area contributed by atoms with Gasteiger partial charge in [0.15, 0.2) is 11.9 Å². The second-order valence-corrected chi connectivity index (χ2v) is 5.33. The fourth-order valence-corrected chi connectivity index (χ4v) is 2.38. The van der Waals surface area contributed by atoms with Gasteiger partial charge < -0.3 is 5.73 Å². The van der Waals surface area contributed by atoms with Gasteiger partial charge in [-0.1, -0.05) is 0 Å². The number of aryl methyl sites for hydroxylation is 1. The van der Waals surface area contributed by atoms with Gasteiger partial charge in [0.2, 0.25) is 11.5 Å². The Balaban J connectivity index is 2.20. The Bertz CT molecular complexity index is 711. The fourth-order valence-electron chi connectivity index (χ4n) is 1.55. The maximum Gasteiger partial charge on any atom is 0.435 e. The van der Waals surface area contributed by atoms with Crippen LogP contribution in [0.1, 0.15) is 26.1 Å². The monoisotopic (exact) mass is 330 g/mol. The third-order valence-corrected chi connectivity index (χ3v) is 3.44. The van der Waals surface area contributed by atoms with Gasteiger partial charge in [0.25, 0.3) is 5.91 Å². The Hall–Kier alpha value is -2.49. The maximum absolute atomic E-state index is 12.8. The number of halogens is 3. The number of amidine groups is 1. The van der Waals surface area contributed by atoms with Gasteiger partial charge in [-0.2, -0.15) is 13.2 Å². The average Bonchev–Trinajstić information content (AvgIpc) is 2.87. The Labute approximate surface area is 126 Å². The molecule has 0 aromatic carbocycles. The number of nitrogens with one attached hydrogen (secondary N) is 2. The van der Waals surface area contributed by atoms with E-state index in [1.807, 2.05) is 5.43 Å². The van der Waals surface area contributed by atoms with Crippen LogP contribution in [0, 0.1) is 6.92 Å². The summed E-state index contributed by atoms with van der Waals surface area (Å²) < 4.78 is 38.4. The highest BCUT2D eigenvalue weighted by Crippen LogP contribution is 2.34. The van der Waals surface area contributed by atoms with E-state index in [2.05, 4.69) is 15.1 Å². The van der Waals surface area contributed by atoms with Gasteiger partial charge in [-0.15, -0.1) is 16.4 Å². The van der Waals surface area contributed by atoms with Gasteiger partial charge >= 0.3 is 6.18 Å². The topological polar surface area (TPSA) is 94.5 Å². The lowest BCUT2D eigenvalue weighted by Crippen LogP contribution is -2.29. The summed E-state index contributed by atoms with van der Waals surface area (Å²) in [4.78, 5) is 17.4. The zero-order valence-electron chi connectivity index (χ0n) is 11.2. The first-order chi connectivity index (χ1) is 10.3. The van der Waals surface area contributed by atoms with Gasteiger partial charge in [-0.05, 0) is 13.0 Å². The molecule has 0 spiro atoms. The summed E-state index contributed by atoms with van der Waals surface area (Å²) in [7, 11) is 0. The van der Waals surface area contributed by atoms with Crippen LogP contribution in [0.2, 0.25) is 0 Å². The van der Waals surface area contributed by atoms with E-state index in [0.29, 0.717) is 17.0 Å². The number of hydrogen-bond acceptors (Lipinski definition) is 4. The molecular weight excluding hydrogens is 319 g/mol. The predicted molar refractivity (Wildman–Crippen MR) is 73.0 cm³/mol. The summed E-state index contributed by atoms with van der Waals surface area (Å²) >= 11 is 0.636. The number of carbonyl (C=O) groups excluding carboxylic acids is 1. The largest absolute Gasteiger partial charge is 0.435 e. The highest BCUT2D eigenvalue weighted by molar-refractivity contribution is 7.13. The third kappa shape index (κ3) is 3.58. The number of aromatic amines is 1. The van der Waals surface area contributed by atoms with Gasteiger partial charge in [0.05, 0.1) is 5.01 Å². The minimum atomic E-state index is -4.71. The van der Waals surface area contributed by atoms with Crippen molar-refractivity contribution in [1.29, 1.82) is 0 Å². The minimum absolute atomic E-state index is 0.0660. The summed E-state index contributed by atoms with van der Waals surface area (Å²) in [6, 6.07) is 5.00. The van der Waals surface area contributed by atoms with Crippen LogP contribution in [0.3, 0.4) is 0 Å². The maximum atomic E-state index is 12.8. The lowest BCUT2D eigenvalue weighted by Gasteiger charge is -2.05. The number of pyridine rings is 1. The van der Waals surface area contributed by atoms with Crippen molar-refractivity contribution < 1.29 is 22.9 Å². The first-order valence-electron chi connectivity index (χ1n) is 5.94. The van der Waals surface area contributed by atoms with Crippen LogP contribution in [0.5, 0.6) is 0 Å². The van der Waals surface area contributed by atoms with Crippen molar-refractivity contribution in [3.63, 3.8) is 0 Å². The van der Waals surface area contributed by atoms with Gasteiger partial charge in [0, 0.05) is 12.1 Å². The molecule has 1 amide bonds. The number of H-pyrrole nitrogens is 1. The predicted octanol–water partition coefficient (Wildman–Crippen LogP) is 1.33. The number of hydrogen-bond donors (Lipinski definition) is 2. The molecule has 0 aliphatic carbocycles.